The monoisotopic (exact) mass is 828 g/mol. The summed E-state index contributed by atoms with van der Waals surface area (Å²) >= 11 is 0. The summed E-state index contributed by atoms with van der Waals surface area (Å²) in [6.45, 7) is 11.2. The van der Waals surface area contributed by atoms with Crippen molar-refractivity contribution in [2.75, 3.05) is 9.80 Å². The molecule has 0 bridgehead atoms. The molecule has 4 heteroatoms. The third-order valence-electron chi connectivity index (χ3n) is 13.5. The van der Waals surface area contributed by atoms with E-state index in [-0.39, 0.29) is 5.41 Å². The lowest BCUT2D eigenvalue weighted by molar-refractivity contribution is 0.590. The number of nitrogens with zero attached hydrogens (tertiary/aromatic N) is 2. The van der Waals surface area contributed by atoms with Gasteiger partial charge in [-0.15, -0.1) is 0 Å². The highest BCUT2D eigenvalue weighted by Crippen LogP contribution is 2.50. The van der Waals surface area contributed by atoms with Crippen LogP contribution in [0.15, 0.2) is 185 Å². The van der Waals surface area contributed by atoms with Gasteiger partial charge in [0.05, 0.1) is 22.7 Å². The molecule has 10 aromatic carbocycles. The molecule has 0 radical (unpaired) electrons. The summed E-state index contributed by atoms with van der Waals surface area (Å²) in [5.41, 5.74) is 13.8. The quantitative estimate of drug-likeness (QED) is 0.143. The van der Waals surface area contributed by atoms with Gasteiger partial charge in [0.25, 0.3) is 0 Å². The maximum atomic E-state index is 6.97. The Balaban J connectivity index is 1.12. The molecule has 0 spiro atoms. The van der Waals surface area contributed by atoms with Crippen LogP contribution in [0.5, 0.6) is 0 Å². The van der Waals surface area contributed by atoms with E-state index in [0.29, 0.717) is 0 Å². The molecule has 0 saturated carbocycles. The van der Waals surface area contributed by atoms with Gasteiger partial charge >= 0.3 is 0 Å². The van der Waals surface area contributed by atoms with Crippen molar-refractivity contribution in [3.63, 3.8) is 0 Å². The topological polar surface area (TPSA) is 32.8 Å². The highest BCUT2D eigenvalue weighted by molar-refractivity contribution is 6.28. The molecule has 0 aliphatic carbocycles. The van der Waals surface area contributed by atoms with Crippen molar-refractivity contribution < 1.29 is 8.83 Å². The van der Waals surface area contributed by atoms with E-state index in [0.717, 1.165) is 90.8 Å². The fourth-order valence-electron chi connectivity index (χ4n) is 10.3. The van der Waals surface area contributed by atoms with E-state index < -0.39 is 0 Å². The van der Waals surface area contributed by atoms with Gasteiger partial charge in [0.2, 0.25) is 0 Å². The minimum Gasteiger partial charge on any atom is -0.454 e. The summed E-state index contributed by atoms with van der Waals surface area (Å²) in [5, 5.41) is 11.7. The van der Waals surface area contributed by atoms with E-state index in [1.807, 2.05) is 0 Å². The van der Waals surface area contributed by atoms with Gasteiger partial charge in [0, 0.05) is 43.7 Å². The summed E-state index contributed by atoms with van der Waals surface area (Å²) in [6.07, 6.45) is 1.80. The molecule has 0 amide bonds. The van der Waals surface area contributed by atoms with Crippen LogP contribution in [0.2, 0.25) is 0 Å². The smallest absolute Gasteiger partial charge is 0.159 e. The Hall–Kier alpha value is -7.56. The van der Waals surface area contributed by atoms with Crippen molar-refractivity contribution >= 4 is 110 Å². The van der Waals surface area contributed by atoms with Crippen LogP contribution in [0.1, 0.15) is 51.3 Å². The third-order valence-corrected chi connectivity index (χ3v) is 13.5. The zero-order valence-electron chi connectivity index (χ0n) is 36.9. The number of aryl methyl sites for hydroxylation is 2. The highest BCUT2D eigenvalue weighted by Gasteiger charge is 2.26. The lowest BCUT2D eigenvalue weighted by Crippen LogP contribution is -2.13. The minimum atomic E-state index is 0.0192. The molecule has 2 heterocycles. The van der Waals surface area contributed by atoms with Crippen molar-refractivity contribution in [1.82, 2.24) is 0 Å². The summed E-state index contributed by atoms with van der Waals surface area (Å²) in [4.78, 5) is 4.80. The van der Waals surface area contributed by atoms with Gasteiger partial charge in [-0.2, -0.15) is 0 Å². The number of furan rings is 2. The first-order chi connectivity index (χ1) is 31.3. The molecule has 0 fully saturated rings. The largest absolute Gasteiger partial charge is 0.454 e. The lowest BCUT2D eigenvalue weighted by Gasteiger charge is -2.29. The Kier molecular flexibility index (Phi) is 8.64. The number of para-hydroxylation sites is 5. The Bertz CT molecular complexity index is 3740. The summed E-state index contributed by atoms with van der Waals surface area (Å²) in [5.74, 6) is 0. The molecule has 64 heavy (non-hydrogen) atoms. The standard InChI is InChI=1S/C60H48N2O2/c1-6-37-15-11-19-44-46-21-13-23-52(58(46)63-56(37)44)61(42-17-9-8-10-18-42)50-35-27-39-26-34-49-51(36-28-40-25-33-48(50)54(39)55(40)49)62(43-31-29-41(30-32-43)60(3,4)5)53-24-14-22-47-45-20-12-16-38(7-2)57(45)64-59(47)53/h8-36H,6-7H2,1-5H3. The summed E-state index contributed by atoms with van der Waals surface area (Å²) in [7, 11) is 0. The predicted octanol–water partition coefficient (Wildman–Crippen LogP) is 17.7. The van der Waals surface area contributed by atoms with Crippen LogP contribution >= 0.6 is 0 Å². The fourth-order valence-corrected chi connectivity index (χ4v) is 10.3. The van der Waals surface area contributed by atoms with Gasteiger partial charge in [-0.25, -0.2) is 0 Å². The number of rotatable bonds is 8. The van der Waals surface area contributed by atoms with Crippen molar-refractivity contribution in [3.8, 4) is 0 Å². The van der Waals surface area contributed by atoms with E-state index in [9.17, 15) is 0 Å². The average molecular weight is 829 g/mol. The summed E-state index contributed by atoms with van der Waals surface area (Å²) in [6, 6.07) is 64.4. The molecule has 310 valence electrons. The van der Waals surface area contributed by atoms with E-state index >= 15 is 0 Å². The van der Waals surface area contributed by atoms with Crippen LogP contribution in [0.25, 0.3) is 76.2 Å². The second kappa shape index (κ2) is 14.5. The highest BCUT2D eigenvalue weighted by atomic mass is 16.3. The summed E-state index contributed by atoms with van der Waals surface area (Å²) < 4.78 is 13.9. The number of hydrogen-bond acceptors (Lipinski definition) is 4. The van der Waals surface area contributed by atoms with Crippen molar-refractivity contribution in [2.24, 2.45) is 0 Å². The van der Waals surface area contributed by atoms with Gasteiger partial charge in [-0.05, 0) is 105 Å². The van der Waals surface area contributed by atoms with Crippen LogP contribution in [0.4, 0.5) is 34.1 Å². The van der Waals surface area contributed by atoms with E-state index in [2.05, 4.69) is 220 Å². The molecule has 0 saturated heterocycles. The van der Waals surface area contributed by atoms with Crippen LogP contribution in [-0.4, -0.2) is 0 Å². The second-order valence-electron chi connectivity index (χ2n) is 18.2. The third kappa shape index (κ3) is 5.75. The van der Waals surface area contributed by atoms with Crippen molar-refractivity contribution in [2.45, 2.75) is 52.9 Å². The molecule has 12 rings (SSSR count). The first-order valence-electron chi connectivity index (χ1n) is 22.6. The van der Waals surface area contributed by atoms with Crippen LogP contribution in [0, 0.1) is 0 Å². The number of anilines is 6. The first kappa shape index (κ1) is 38.1. The average Bonchev–Trinajstić information content (AvgIpc) is 3.92. The molecule has 0 N–H and O–H groups in total. The van der Waals surface area contributed by atoms with Gasteiger partial charge in [-0.1, -0.05) is 162 Å². The molecule has 0 unspecified atom stereocenters. The first-order valence-corrected chi connectivity index (χ1v) is 22.6. The van der Waals surface area contributed by atoms with E-state index in [4.69, 9.17) is 8.83 Å². The molecule has 0 atom stereocenters. The SMILES string of the molecule is CCc1cccc2c1oc1c(N(c3ccccc3)c3ccc4ccc5c(N(c6ccc(C(C)(C)C)cc6)c6cccc7c6oc6c(CC)cccc67)ccc6ccc3c4c65)cccc12. The Morgan fingerprint density at radius 3 is 1.23 bits per heavy atom. The molecule has 2 aromatic heterocycles. The molecular formula is C60H48N2O2. The Morgan fingerprint density at radius 1 is 0.359 bits per heavy atom. The van der Waals surface area contributed by atoms with Crippen molar-refractivity contribution in [3.05, 3.63) is 193 Å². The van der Waals surface area contributed by atoms with Crippen molar-refractivity contribution in [1.29, 1.82) is 0 Å². The fraction of sp³-hybridized carbons (Fsp3) is 0.133. The van der Waals surface area contributed by atoms with Gasteiger partial charge in [-0.3, -0.25) is 0 Å². The number of benzene rings is 10. The van der Waals surface area contributed by atoms with Crippen LogP contribution in [0.3, 0.4) is 0 Å². The number of hydrogen-bond donors (Lipinski definition) is 0. The molecule has 4 nitrogen and oxygen atoms in total. The molecular weight excluding hydrogens is 781 g/mol. The zero-order chi connectivity index (χ0) is 43.3. The minimum absolute atomic E-state index is 0.0192. The molecule has 0 aliphatic rings. The van der Waals surface area contributed by atoms with Gasteiger partial charge in [0.1, 0.15) is 11.2 Å². The predicted molar refractivity (Wildman–Crippen MR) is 272 cm³/mol. The van der Waals surface area contributed by atoms with Crippen LogP contribution in [-0.2, 0) is 18.3 Å². The lowest BCUT2D eigenvalue weighted by atomic mass is 9.87. The Labute approximate surface area is 372 Å². The Morgan fingerprint density at radius 2 is 0.781 bits per heavy atom. The molecule has 0 aliphatic heterocycles. The normalized spacial score (nSPS) is 12.3. The van der Waals surface area contributed by atoms with Crippen LogP contribution < -0.4 is 9.80 Å². The van der Waals surface area contributed by atoms with Gasteiger partial charge in [0.15, 0.2) is 11.2 Å². The second-order valence-corrected chi connectivity index (χ2v) is 18.2. The maximum absolute atomic E-state index is 6.97. The number of fused-ring (bicyclic) bond motifs is 6. The zero-order valence-corrected chi connectivity index (χ0v) is 36.9. The maximum Gasteiger partial charge on any atom is 0.159 e. The van der Waals surface area contributed by atoms with E-state index in [1.165, 1.54) is 49.0 Å². The molecule has 12 aromatic rings. The van der Waals surface area contributed by atoms with E-state index in [1.54, 1.807) is 0 Å². The van der Waals surface area contributed by atoms with Gasteiger partial charge < -0.3 is 18.6 Å².